The van der Waals surface area contributed by atoms with Crippen LogP contribution in [0, 0.1) is 5.41 Å². The van der Waals surface area contributed by atoms with Gasteiger partial charge < -0.3 is 4.74 Å². The van der Waals surface area contributed by atoms with E-state index in [1.807, 2.05) is 30.3 Å². The molecule has 1 saturated carbocycles. The van der Waals surface area contributed by atoms with Crippen molar-refractivity contribution >= 4 is 23.3 Å². The lowest BCUT2D eigenvalue weighted by atomic mass is 9.54. The van der Waals surface area contributed by atoms with Gasteiger partial charge in [-0.2, -0.15) is 0 Å². The fourth-order valence-electron chi connectivity index (χ4n) is 5.58. The van der Waals surface area contributed by atoms with Crippen LogP contribution in [0.4, 0.5) is 0 Å². The van der Waals surface area contributed by atoms with E-state index in [1.54, 1.807) is 48.5 Å². The zero-order chi connectivity index (χ0) is 23.2. The Hall–Kier alpha value is -3.86. The molecule has 0 heterocycles. The normalized spacial score (nSPS) is 21.2. The van der Waals surface area contributed by atoms with Crippen molar-refractivity contribution in [1.82, 2.24) is 0 Å². The maximum absolute atomic E-state index is 14.1. The Morgan fingerprint density at radius 2 is 1.21 bits per heavy atom. The molecule has 0 amide bonds. The fourth-order valence-corrected chi connectivity index (χ4v) is 5.58. The van der Waals surface area contributed by atoms with Gasteiger partial charge >= 0.3 is 5.97 Å². The molecule has 0 unspecified atom stereocenters. The first-order valence-electron chi connectivity index (χ1n) is 10.9. The average molecular weight is 438 g/mol. The van der Waals surface area contributed by atoms with Crippen LogP contribution in [0.2, 0.25) is 0 Å². The van der Waals surface area contributed by atoms with Crippen LogP contribution in [-0.4, -0.2) is 30.4 Å². The summed E-state index contributed by atoms with van der Waals surface area (Å²) in [6.07, 6.45) is 0.221. The SMILES string of the molecule is COC(=O)c1ccc([C@H]2CC(=O)C[C@@H](c3ccccc3)C23C(=O)c2ccccc2C3=O)cc1. The van der Waals surface area contributed by atoms with E-state index in [4.69, 9.17) is 4.74 Å². The van der Waals surface area contributed by atoms with Crippen LogP contribution < -0.4 is 0 Å². The molecule has 33 heavy (non-hydrogen) atoms. The summed E-state index contributed by atoms with van der Waals surface area (Å²) < 4.78 is 4.78. The summed E-state index contributed by atoms with van der Waals surface area (Å²) >= 11 is 0. The van der Waals surface area contributed by atoms with E-state index in [-0.39, 0.29) is 30.2 Å². The molecule has 2 aliphatic carbocycles. The standard InChI is InChI=1S/C28H22O5/c1-33-27(32)19-13-11-18(12-14-19)24-16-20(29)15-23(17-7-3-2-4-8-17)28(24)25(30)21-9-5-6-10-22(21)26(28)31/h2-14,23-24H,15-16H2,1H3/t23-,24+/m0/s1. The summed E-state index contributed by atoms with van der Waals surface area (Å²) in [5.41, 5.74) is 1.26. The highest BCUT2D eigenvalue weighted by Crippen LogP contribution is 2.60. The third-order valence-corrected chi connectivity index (χ3v) is 7.07. The monoisotopic (exact) mass is 438 g/mol. The molecule has 0 aromatic heterocycles. The van der Waals surface area contributed by atoms with Crippen molar-refractivity contribution in [3.63, 3.8) is 0 Å². The van der Waals surface area contributed by atoms with E-state index in [0.29, 0.717) is 22.3 Å². The second kappa shape index (κ2) is 7.93. The summed E-state index contributed by atoms with van der Waals surface area (Å²) in [7, 11) is 1.31. The lowest BCUT2D eigenvalue weighted by Gasteiger charge is -2.44. The Morgan fingerprint density at radius 3 is 1.73 bits per heavy atom. The van der Waals surface area contributed by atoms with Gasteiger partial charge in [0.1, 0.15) is 11.2 Å². The van der Waals surface area contributed by atoms with E-state index in [1.165, 1.54) is 7.11 Å². The third kappa shape index (κ3) is 3.07. The maximum atomic E-state index is 14.1. The number of carbonyl (C=O) groups excluding carboxylic acids is 4. The molecule has 3 aromatic rings. The average Bonchev–Trinajstić information content (AvgIpc) is 3.08. The summed E-state index contributed by atoms with van der Waals surface area (Å²) in [5, 5.41) is 0. The zero-order valence-corrected chi connectivity index (χ0v) is 18.1. The van der Waals surface area contributed by atoms with Crippen LogP contribution in [0.5, 0.6) is 0 Å². The van der Waals surface area contributed by atoms with Crippen molar-refractivity contribution in [3.8, 4) is 0 Å². The molecule has 5 nitrogen and oxygen atoms in total. The minimum absolute atomic E-state index is 0.00748. The predicted molar refractivity (Wildman–Crippen MR) is 121 cm³/mol. The van der Waals surface area contributed by atoms with Gasteiger partial charge in [0, 0.05) is 35.8 Å². The molecule has 164 valence electrons. The number of ether oxygens (including phenoxy) is 1. The number of fused-ring (bicyclic) bond motifs is 1. The molecule has 3 aromatic carbocycles. The van der Waals surface area contributed by atoms with Gasteiger partial charge in [-0.3, -0.25) is 14.4 Å². The number of hydrogen-bond donors (Lipinski definition) is 0. The molecule has 1 fully saturated rings. The van der Waals surface area contributed by atoms with Crippen LogP contribution in [0.3, 0.4) is 0 Å². The molecule has 5 rings (SSSR count). The first kappa shape index (κ1) is 21.0. The first-order valence-corrected chi connectivity index (χ1v) is 10.9. The van der Waals surface area contributed by atoms with Gasteiger partial charge in [-0.15, -0.1) is 0 Å². The Morgan fingerprint density at radius 1 is 0.727 bits per heavy atom. The highest BCUT2D eigenvalue weighted by Gasteiger charge is 2.64. The van der Waals surface area contributed by atoms with Crippen molar-refractivity contribution in [3.05, 3.63) is 107 Å². The molecular weight excluding hydrogens is 416 g/mol. The van der Waals surface area contributed by atoms with Crippen molar-refractivity contribution in [2.24, 2.45) is 5.41 Å². The topological polar surface area (TPSA) is 77.5 Å². The summed E-state index contributed by atoms with van der Waals surface area (Å²) in [6.45, 7) is 0. The Balaban J connectivity index is 1.73. The van der Waals surface area contributed by atoms with Gasteiger partial charge in [0.25, 0.3) is 0 Å². The number of rotatable bonds is 3. The van der Waals surface area contributed by atoms with Gasteiger partial charge in [0.15, 0.2) is 11.6 Å². The molecule has 0 bridgehead atoms. The fraction of sp³-hybridized carbons (Fsp3) is 0.214. The number of benzene rings is 3. The first-order chi connectivity index (χ1) is 16.0. The maximum Gasteiger partial charge on any atom is 0.337 e. The molecule has 1 spiro atoms. The highest BCUT2D eigenvalue weighted by molar-refractivity contribution is 6.31. The van der Waals surface area contributed by atoms with Gasteiger partial charge in [0.2, 0.25) is 0 Å². The van der Waals surface area contributed by atoms with E-state index in [0.717, 1.165) is 5.56 Å². The minimum atomic E-state index is -1.41. The number of ketones is 3. The molecule has 0 aliphatic heterocycles. The summed E-state index contributed by atoms with van der Waals surface area (Å²) in [6, 6.07) is 22.9. The van der Waals surface area contributed by atoms with E-state index in [2.05, 4.69) is 0 Å². The van der Waals surface area contributed by atoms with Crippen molar-refractivity contribution < 1.29 is 23.9 Å². The van der Waals surface area contributed by atoms with Crippen LogP contribution >= 0.6 is 0 Å². The Bertz CT molecular complexity index is 1240. The lowest BCUT2D eigenvalue weighted by molar-refractivity contribution is -0.122. The van der Waals surface area contributed by atoms with Crippen molar-refractivity contribution in [1.29, 1.82) is 0 Å². The molecule has 0 saturated heterocycles. The zero-order valence-electron chi connectivity index (χ0n) is 18.1. The second-order valence-electron chi connectivity index (χ2n) is 8.65. The smallest absolute Gasteiger partial charge is 0.337 e. The minimum Gasteiger partial charge on any atom is -0.465 e. The summed E-state index contributed by atoms with van der Waals surface area (Å²) in [5.74, 6) is -2.13. The summed E-state index contributed by atoms with van der Waals surface area (Å²) in [4.78, 5) is 53.0. The molecule has 2 atom stereocenters. The van der Waals surface area contributed by atoms with E-state index in [9.17, 15) is 19.2 Å². The number of methoxy groups -OCH3 is 1. The predicted octanol–water partition coefficient (Wildman–Crippen LogP) is 4.77. The molecule has 2 aliphatic rings. The number of carbonyl (C=O) groups is 4. The molecule has 0 radical (unpaired) electrons. The van der Waals surface area contributed by atoms with Gasteiger partial charge in [-0.25, -0.2) is 4.79 Å². The van der Waals surface area contributed by atoms with E-state index < -0.39 is 23.2 Å². The van der Waals surface area contributed by atoms with Crippen LogP contribution in [-0.2, 0) is 9.53 Å². The van der Waals surface area contributed by atoms with Crippen molar-refractivity contribution in [2.45, 2.75) is 24.7 Å². The Kier molecular flexibility index (Phi) is 5.05. The Labute approximate surface area is 191 Å². The molecule has 0 N–H and O–H groups in total. The van der Waals surface area contributed by atoms with Gasteiger partial charge in [-0.1, -0.05) is 66.7 Å². The number of hydrogen-bond acceptors (Lipinski definition) is 5. The van der Waals surface area contributed by atoms with Crippen LogP contribution in [0.25, 0.3) is 0 Å². The highest BCUT2D eigenvalue weighted by atomic mass is 16.5. The van der Waals surface area contributed by atoms with Crippen molar-refractivity contribution in [2.75, 3.05) is 7.11 Å². The third-order valence-electron chi connectivity index (χ3n) is 7.07. The number of esters is 1. The lowest BCUT2D eigenvalue weighted by Crippen LogP contribution is -2.49. The van der Waals surface area contributed by atoms with E-state index >= 15 is 0 Å². The largest absolute Gasteiger partial charge is 0.465 e. The molecule has 5 heteroatoms. The van der Waals surface area contributed by atoms with Gasteiger partial charge in [0.05, 0.1) is 12.7 Å². The quantitative estimate of drug-likeness (QED) is 0.435. The van der Waals surface area contributed by atoms with Gasteiger partial charge in [-0.05, 0) is 23.3 Å². The molecular formula is C28H22O5. The van der Waals surface area contributed by atoms with Crippen LogP contribution in [0.1, 0.15) is 66.9 Å². The second-order valence-corrected chi connectivity index (χ2v) is 8.65. The van der Waals surface area contributed by atoms with Crippen LogP contribution in [0.15, 0.2) is 78.9 Å². The number of Topliss-reactive ketones (excluding diaryl/α,β-unsaturated/α-hetero) is 3.